The molecule has 0 fully saturated rings. The number of carbonyl (C=O) groups is 2. The summed E-state index contributed by atoms with van der Waals surface area (Å²) in [6.45, 7) is 2.26. The first-order valence-electron chi connectivity index (χ1n) is 10.9. The number of ether oxygens (including phenoxy) is 1. The van der Waals surface area contributed by atoms with E-state index in [0.717, 1.165) is 12.8 Å². The number of carbonyl (C=O) groups excluding carboxylic acids is 1. The second-order valence-corrected chi connectivity index (χ2v) is 7.61. The third kappa shape index (κ3) is 17.8. The van der Waals surface area contributed by atoms with Crippen molar-refractivity contribution in [2.24, 2.45) is 5.92 Å². The van der Waals surface area contributed by atoms with Gasteiger partial charge in [0.2, 0.25) is 0 Å². The molecule has 1 N–H and O–H groups in total. The summed E-state index contributed by atoms with van der Waals surface area (Å²) in [5.74, 6) is -0.869. The van der Waals surface area contributed by atoms with Crippen molar-refractivity contribution < 1.29 is 19.4 Å². The predicted molar refractivity (Wildman–Crippen MR) is 107 cm³/mol. The van der Waals surface area contributed by atoms with Crippen LogP contribution in [0.2, 0.25) is 0 Å². The molecule has 4 heteroatoms. The number of carboxylic acids is 1. The highest BCUT2D eigenvalue weighted by molar-refractivity contribution is 5.70. The summed E-state index contributed by atoms with van der Waals surface area (Å²) in [6.07, 6.45) is 19.2. The molecule has 0 aliphatic heterocycles. The van der Waals surface area contributed by atoms with Crippen LogP contribution in [0.25, 0.3) is 0 Å². The van der Waals surface area contributed by atoms with Gasteiger partial charge >= 0.3 is 11.9 Å². The largest absolute Gasteiger partial charge is 0.481 e. The van der Waals surface area contributed by atoms with E-state index < -0.39 is 5.97 Å². The SMILES string of the molecule is CCCCCCCCCCCCCCCC(CCC(=O)O)CC(=O)OC. The first-order chi connectivity index (χ1) is 12.6. The van der Waals surface area contributed by atoms with Crippen molar-refractivity contribution in [3.63, 3.8) is 0 Å². The summed E-state index contributed by atoms with van der Waals surface area (Å²) >= 11 is 0. The highest BCUT2D eigenvalue weighted by Crippen LogP contribution is 2.21. The molecule has 0 saturated carbocycles. The highest BCUT2D eigenvalue weighted by atomic mass is 16.5. The third-order valence-electron chi connectivity index (χ3n) is 5.17. The maximum atomic E-state index is 11.4. The van der Waals surface area contributed by atoms with Crippen LogP contribution in [-0.4, -0.2) is 24.2 Å². The number of methoxy groups -OCH3 is 1. The van der Waals surface area contributed by atoms with Gasteiger partial charge in [-0.3, -0.25) is 9.59 Å². The number of hydrogen-bond acceptors (Lipinski definition) is 3. The molecule has 1 atom stereocenters. The number of esters is 1. The summed E-state index contributed by atoms with van der Waals surface area (Å²) in [5, 5.41) is 8.82. The summed E-state index contributed by atoms with van der Waals surface area (Å²) < 4.78 is 4.72. The van der Waals surface area contributed by atoms with Gasteiger partial charge in [-0.2, -0.15) is 0 Å². The van der Waals surface area contributed by atoms with Gasteiger partial charge in [0.1, 0.15) is 0 Å². The minimum absolute atomic E-state index is 0.139. The average Bonchev–Trinajstić information content (AvgIpc) is 2.62. The number of hydrogen-bond donors (Lipinski definition) is 1. The Morgan fingerprint density at radius 2 is 1.23 bits per heavy atom. The minimum Gasteiger partial charge on any atom is -0.481 e. The molecule has 0 aliphatic carbocycles. The van der Waals surface area contributed by atoms with E-state index in [0.29, 0.717) is 12.8 Å². The smallest absolute Gasteiger partial charge is 0.305 e. The molecule has 0 spiro atoms. The van der Waals surface area contributed by atoms with Crippen molar-refractivity contribution >= 4 is 11.9 Å². The van der Waals surface area contributed by atoms with Crippen molar-refractivity contribution in [1.82, 2.24) is 0 Å². The molecule has 26 heavy (non-hydrogen) atoms. The van der Waals surface area contributed by atoms with Crippen molar-refractivity contribution in [1.29, 1.82) is 0 Å². The molecule has 0 bridgehead atoms. The van der Waals surface area contributed by atoms with Crippen molar-refractivity contribution in [2.45, 2.75) is 116 Å². The fraction of sp³-hybridized carbons (Fsp3) is 0.909. The lowest BCUT2D eigenvalue weighted by atomic mass is 9.92. The van der Waals surface area contributed by atoms with Gasteiger partial charge < -0.3 is 9.84 Å². The van der Waals surface area contributed by atoms with Gasteiger partial charge in [0.05, 0.1) is 7.11 Å². The Labute approximate surface area is 161 Å². The van der Waals surface area contributed by atoms with Crippen LogP contribution in [0.1, 0.15) is 116 Å². The second-order valence-electron chi connectivity index (χ2n) is 7.61. The average molecular weight is 371 g/mol. The Hall–Kier alpha value is -1.06. The zero-order valence-electron chi connectivity index (χ0n) is 17.3. The summed E-state index contributed by atoms with van der Waals surface area (Å²) in [5.41, 5.74) is 0. The van der Waals surface area contributed by atoms with Crippen LogP contribution in [-0.2, 0) is 14.3 Å². The Balaban J connectivity index is 3.53. The Bertz CT molecular complexity index is 341. The number of aliphatic carboxylic acids is 1. The molecule has 0 heterocycles. The fourth-order valence-electron chi connectivity index (χ4n) is 3.45. The van der Waals surface area contributed by atoms with E-state index in [4.69, 9.17) is 9.84 Å². The monoisotopic (exact) mass is 370 g/mol. The van der Waals surface area contributed by atoms with Crippen LogP contribution in [0.15, 0.2) is 0 Å². The molecular weight excluding hydrogens is 328 g/mol. The van der Waals surface area contributed by atoms with Gasteiger partial charge in [-0.1, -0.05) is 90.4 Å². The number of unbranched alkanes of at least 4 members (excludes halogenated alkanes) is 12. The predicted octanol–water partition coefficient (Wildman–Crippen LogP) is 6.51. The molecule has 0 aliphatic rings. The normalized spacial score (nSPS) is 12.1. The topological polar surface area (TPSA) is 63.6 Å². The maximum absolute atomic E-state index is 11.4. The van der Waals surface area contributed by atoms with Crippen LogP contribution >= 0.6 is 0 Å². The third-order valence-corrected chi connectivity index (χ3v) is 5.17. The van der Waals surface area contributed by atoms with E-state index in [1.165, 1.54) is 84.2 Å². The zero-order chi connectivity index (χ0) is 19.5. The molecule has 0 aromatic rings. The molecule has 1 unspecified atom stereocenters. The molecule has 0 saturated heterocycles. The number of rotatable bonds is 19. The van der Waals surface area contributed by atoms with Crippen molar-refractivity contribution in [2.75, 3.05) is 7.11 Å². The molecule has 0 aromatic carbocycles. The first kappa shape index (κ1) is 24.9. The molecule has 154 valence electrons. The lowest BCUT2D eigenvalue weighted by Gasteiger charge is -2.14. The van der Waals surface area contributed by atoms with E-state index in [2.05, 4.69) is 6.92 Å². The molecule has 0 aromatic heterocycles. The molecule has 0 radical (unpaired) electrons. The summed E-state index contributed by atoms with van der Waals surface area (Å²) in [6, 6.07) is 0. The van der Waals surface area contributed by atoms with Crippen LogP contribution in [0, 0.1) is 5.92 Å². The van der Waals surface area contributed by atoms with Gasteiger partial charge in [-0.15, -0.1) is 0 Å². The zero-order valence-corrected chi connectivity index (χ0v) is 17.3. The first-order valence-corrected chi connectivity index (χ1v) is 10.9. The van der Waals surface area contributed by atoms with Gasteiger partial charge in [-0.25, -0.2) is 0 Å². The van der Waals surface area contributed by atoms with Gasteiger partial charge in [0, 0.05) is 12.8 Å². The summed E-state index contributed by atoms with van der Waals surface area (Å²) in [4.78, 5) is 22.2. The maximum Gasteiger partial charge on any atom is 0.305 e. The van der Waals surface area contributed by atoms with E-state index in [1.54, 1.807) is 0 Å². The molecular formula is C22H42O4. The summed E-state index contributed by atoms with van der Waals surface area (Å²) in [7, 11) is 1.39. The van der Waals surface area contributed by atoms with Crippen LogP contribution < -0.4 is 0 Å². The highest BCUT2D eigenvalue weighted by Gasteiger charge is 2.15. The Morgan fingerprint density at radius 3 is 1.65 bits per heavy atom. The molecule has 4 nitrogen and oxygen atoms in total. The minimum atomic E-state index is -0.787. The van der Waals surface area contributed by atoms with E-state index in [-0.39, 0.29) is 18.3 Å². The Kier molecular flexibility index (Phi) is 18.0. The number of carboxylic acid groups (broad SMARTS) is 1. The van der Waals surface area contributed by atoms with Crippen LogP contribution in [0.3, 0.4) is 0 Å². The van der Waals surface area contributed by atoms with Gasteiger partial charge in [-0.05, 0) is 18.8 Å². The van der Waals surface area contributed by atoms with E-state index in [1.807, 2.05) is 0 Å². The lowest BCUT2D eigenvalue weighted by molar-refractivity contribution is -0.143. The van der Waals surface area contributed by atoms with Gasteiger partial charge in [0.15, 0.2) is 0 Å². The Morgan fingerprint density at radius 1 is 0.769 bits per heavy atom. The van der Waals surface area contributed by atoms with E-state index >= 15 is 0 Å². The standard InChI is InChI=1S/C22H42O4/c1-3-4-5-6-7-8-9-10-11-12-13-14-15-16-20(17-18-21(23)24)19-22(25)26-2/h20H,3-19H2,1-2H3,(H,23,24). The van der Waals surface area contributed by atoms with Gasteiger partial charge in [0.25, 0.3) is 0 Å². The van der Waals surface area contributed by atoms with Crippen LogP contribution in [0.4, 0.5) is 0 Å². The van der Waals surface area contributed by atoms with Crippen molar-refractivity contribution in [3.05, 3.63) is 0 Å². The van der Waals surface area contributed by atoms with Crippen LogP contribution in [0.5, 0.6) is 0 Å². The molecule has 0 amide bonds. The fourth-order valence-corrected chi connectivity index (χ4v) is 3.45. The second kappa shape index (κ2) is 18.7. The lowest BCUT2D eigenvalue weighted by Crippen LogP contribution is -2.12. The molecule has 0 rings (SSSR count). The van der Waals surface area contributed by atoms with Crippen molar-refractivity contribution in [3.8, 4) is 0 Å². The quantitative estimate of drug-likeness (QED) is 0.208. The van der Waals surface area contributed by atoms with E-state index in [9.17, 15) is 9.59 Å².